The van der Waals surface area contributed by atoms with Crippen molar-refractivity contribution in [3.05, 3.63) is 63.9 Å². The van der Waals surface area contributed by atoms with Gasteiger partial charge in [0.05, 0.1) is 6.54 Å². The van der Waals surface area contributed by atoms with Crippen LogP contribution in [-0.4, -0.2) is 12.5 Å². The molecule has 3 nitrogen and oxygen atoms in total. The first kappa shape index (κ1) is 15.5. The predicted octanol–water partition coefficient (Wildman–Crippen LogP) is 3.62. The zero-order valence-electron chi connectivity index (χ0n) is 11.6. The molecule has 0 aromatic heterocycles. The van der Waals surface area contributed by atoms with E-state index in [1.807, 2.05) is 25.1 Å². The first-order valence-electron chi connectivity index (χ1n) is 6.56. The number of hydrogen-bond donors (Lipinski definition) is 2. The second-order valence-corrected chi connectivity index (χ2v) is 5.58. The molecule has 5 heteroatoms. The van der Waals surface area contributed by atoms with Crippen LogP contribution in [0.5, 0.6) is 0 Å². The van der Waals surface area contributed by atoms with Crippen LogP contribution in [0.15, 0.2) is 46.9 Å². The molecule has 0 spiro atoms. The smallest absolute Gasteiger partial charge is 0.239 e. The van der Waals surface area contributed by atoms with E-state index in [9.17, 15) is 9.18 Å². The molecule has 2 N–H and O–H groups in total. The molecule has 2 aromatic carbocycles. The zero-order chi connectivity index (χ0) is 15.2. The molecule has 0 saturated carbocycles. The second kappa shape index (κ2) is 7.22. The lowest BCUT2D eigenvalue weighted by molar-refractivity contribution is -0.119. The fraction of sp³-hybridized carbons (Fsp3) is 0.188. The molecular formula is C16H16BrFN2O. The van der Waals surface area contributed by atoms with Crippen LogP contribution >= 0.6 is 15.9 Å². The van der Waals surface area contributed by atoms with E-state index >= 15 is 0 Å². The molecule has 2 aromatic rings. The van der Waals surface area contributed by atoms with Crippen molar-refractivity contribution in [2.24, 2.45) is 0 Å². The van der Waals surface area contributed by atoms with E-state index in [1.54, 1.807) is 12.1 Å². The van der Waals surface area contributed by atoms with Gasteiger partial charge < -0.3 is 10.6 Å². The maximum absolute atomic E-state index is 12.8. The summed E-state index contributed by atoms with van der Waals surface area (Å²) in [5.41, 5.74) is 2.88. The highest BCUT2D eigenvalue weighted by atomic mass is 79.9. The lowest BCUT2D eigenvalue weighted by atomic mass is 10.2. The highest BCUT2D eigenvalue weighted by Gasteiger charge is 2.03. The summed E-state index contributed by atoms with van der Waals surface area (Å²) in [5, 5.41) is 5.83. The number of benzene rings is 2. The van der Waals surface area contributed by atoms with E-state index in [2.05, 4.69) is 26.6 Å². The summed E-state index contributed by atoms with van der Waals surface area (Å²) in [4.78, 5) is 11.7. The van der Waals surface area contributed by atoms with Crippen LogP contribution in [0, 0.1) is 12.7 Å². The lowest BCUT2D eigenvalue weighted by Gasteiger charge is -2.09. The van der Waals surface area contributed by atoms with Gasteiger partial charge in [0, 0.05) is 16.7 Å². The molecule has 0 aliphatic carbocycles. The first-order valence-corrected chi connectivity index (χ1v) is 7.35. The third-order valence-corrected chi connectivity index (χ3v) is 3.88. The minimum absolute atomic E-state index is 0.115. The van der Waals surface area contributed by atoms with Crippen molar-refractivity contribution in [3.8, 4) is 0 Å². The number of carbonyl (C=O) groups is 1. The van der Waals surface area contributed by atoms with Gasteiger partial charge in [0.2, 0.25) is 5.91 Å². The highest BCUT2D eigenvalue weighted by molar-refractivity contribution is 9.10. The van der Waals surface area contributed by atoms with Crippen molar-refractivity contribution in [1.29, 1.82) is 0 Å². The summed E-state index contributed by atoms with van der Waals surface area (Å²) in [6.45, 7) is 2.58. The zero-order valence-corrected chi connectivity index (χ0v) is 13.2. The molecule has 0 heterocycles. The maximum atomic E-state index is 12.8. The molecule has 0 atom stereocenters. The van der Waals surface area contributed by atoms with Gasteiger partial charge in [-0.3, -0.25) is 4.79 Å². The molecule has 0 radical (unpaired) electrons. The Kier molecular flexibility index (Phi) is 5.33. The summed E-state index contributed by atoms with van der Waals surface area (Å²) in [6.07, 6.45) is 0. The monoisotopic (exact) mass is 350 g/mol. The van der Waals surface area contributed by atoms with Gasteiger partial charge >= 0.3 is 0 Å². The molecule has 2 rings (SSSR count). The average molecular weight is 351 g/mol. The number of aryl methyl sites for hydroxylation is 1. The van der Waals surface area contributed by atoms with Gasteiger partial charge in [-0.05, 0) is 42.3 Å². The lowest BCUT2D eigenvalue weighted by Crippen LogP contribution is -2.29. The normalized spacial score (nSPS) is 10.2. The Hall–Kier alpha value is -1.88. The van der Waals surface area contributed by atoms with Crippen molar-refractivity contribution in [2.45, 2.75) is 13.5 Å². The van der Waals surface area contributed by atoms with Crippen molar-refractivity contribution >= 4 is 27.5 Å². The van der Waals surface area contributed by atoms with Crippen LogP contribution in [0.3, 0.4) is 0 Å². The number of halogens is 2. The fourth-order valence-corrected chi connectivity index (χ4v) is 2.13. The van der Waals surface area contributed by atoms with E-state index in [1.165, 1.54) is 12.1 Å². The Morgan fingerprint density at radius 2 is 1.90 bits per heavy atom. The van der Waals surface area contributed by atoms with Crippen LogP contribution in [0.2, 0.25) is 0 Å². The van der Waals surface area contributed by atoms with Crippen LogP contribution < -0.4 is 10.6 Å². The third-order valence-electron chi connectivity index (χ3n) is 3.03. The van der Waals surface area contributed by atoms with Gasteiger partial charge in [0.1, 0.15) is 5.82 Å². The first-order chi connectivity index (χ1) is 10.0. The molecule has 0 fully saturated rings. The largest absolute Gasteiger partial charge is 0.376 e. The van der Waals surface area contributed by atoms with Crippen LogP contribution in [-0.2, 0) is 11.3 Å². The van der Waals surface area contributed by atoms with E-state index in [-0.39, 0.29) is 18.3 Å². The Morgan fingerprint density at radius 1 is 1.19 bits per heavy atom. The summed E-state index contributed by atoms with van der Waals surface area (Å²) >= 11 is 3.45. The van der Waals surface area contributed by atoms with E-state index < -0.39 is 0 Å². The Labute approximate surface area is 131 Å². The van der Waals surface area contributed by atoms with E-state index in [0.29, 0.717) is 6.54 Å². The van der Waals surface area contributed by atoms with Crippen molar-refractivity contribution in [1.82, 2.24) is 5.32 Å². The van der Waals surface area contributed by atoms with Gasteiger partial charge in [-0.25, -0.2) is 4.39 Å². The number of nitrogens with one attached hydrogen (secondary N) is 2. The van der Waals surface area contributed by atoms with Gasteiger partial charge in [0.25, 0.3) is 0 Å². The van der Waals surface area contributed by atoms with Crippen LogP contribution in [0.1, 0.15) is 11.1 Å². The maximum Gasteiger partial charge on any atom is 0.239 e. The van der Waals surface area contributed by atoms with Crippen molar-refractivity contribution in [2.75, 3.05) is 11.9 Å². The second-order valence-electron chi connectivity index (χ2n) is 4.72. The minimum Gasteiger partial charge on any atom is -0.376 e. The molecule has 0 bridgehead atoms. The molecule has 21 heavy (non-hydrogen) atoms. The van der Waals surface area contributed by atoms with Gasteiger partial charge in [0.15, 0.2) is 0 Å². The fourth-order valence-electron chi connectivity index (χ4n) is 1.75. The number of amides is 1. The average Bonchev–Trinajstić information content (AvgIpc) is 2.48. The molecule has 0 unspecified atom stereocenters. The molecule has 0 aliphatic rings. The number of anilines is 1. The molecular weight excluding hydrogens is 335 g/mol. The summed E-state index contributed by atoms with van der Waals surface area (Å²) in [6, 6.07) is 11.9. The summed E-state index contributed by atoms with van der Waals surface area (Å²) < 4.78 is 13.8. The standard InChI is InChI=1S/C16H16BrFN2O/c1-11-2-7-14(8-15(11)17)19-10-16(21)20-9-12-3-5-13(18)6-4-12/h2-8,19H,9-10H2,1H3,(H,20,21). The van der Waals surface area contributed by atoms with E-state index in [4.69, 9.17) is 0 Å². The number of carbonyl (C=O) groups excluding carboxylic acids is 1. The topological polar surface area (TPSA) is 41.1 Å². The Morgan fingerprint density at radius 3 is 2.57 bits per heavy atom. The number of rotatable bonds is 5. The molecule has 0 aliphatic heterocycles. The predicted molar refractivity (Wildman–Crippen MR) is 85.6 cm³/mol. The molecule has 1 amide bonds. The van der Waals surface area contributed by atoms with Gasteiger partial charge in [-0.1, -0.05) is 34.1 Å². The summed E-state index contributed by atoms with van der Waals surface area (Å²) in [5.74, 6) is -0.396. The Bertz CT molecular complexity index is 629. The molecule has 0 saturated heterocycles. The number of hydrogen-bond acceptors (Lipinski definition) is 2. The highest BCUT2D eigenvalue weighted by Crippen LogP contribution is 2.20. The molecule has 110 valence electrons. The van der Waals surface area contributed by atoms with Gasteiger partial charge in [-0.15, -0.1) is 0 Å². The van der Waals surface area contributed by atoms with Gasteiger partial charge in [-0.2, -0.15) is 0 Å². The van der Waals surface area contributed by atoms with Crippen LogP contribution in [0.4, 0.5) is 10.1 Å². The SMILES string of the molecule is Cc1ccc(NCC(=O)NCc2ccc(F)cc2)cc1Br. The van der Waals surface area contributed by atoms with E-state index in [0.717, 1.165) is 21.3 Å². The summed E-state index contributed by atoms with van der Waals surface area (Å²) in [7, 11) is 0. The van der Waals surface area contributed by atoms with Crippen LogP contribution in [0.25, 0.3) is 0 Å². The van der Waals surface area contributed by atoms with Crippen molar-refractivity contribution in [3.63, 3.8) is 0 Å². The quantitative estimate of drug-likeness (QED) is 0.864. The third kappa shape index (κ3) is 4.86. The Balaban J connectivity index is 1.79. The minimum atomic E-state index is -0.281. The van der Waals surface area contributed by atoms with Crippen molar-refractivity contribution < 1.29 is 9.18 Å².